The minimum Gasteiger partial charge on any atom is -0.350 e. The summed E-state index contributed by atoms with van der Waals surface area (Å²) in [6.07, 6.45) is 0.154. The lowest BCUT2D eigenvalue weighted by molar-refractivity contribution is -0.138. The van der Waals surface area contributed by atoms with E-state index in [0.717, 1.165) is 11.1 Å². The molecule has 1 saturated heterocycles. The van der Waals surface area contributed by atoms with Gasteiger partial charge in [-0.3, -0.25) is 9.59 Å². The summed E-state index contributed by atoms with van der Waals surface area (Å²) in [5.41, 5.74) is 2.15. The lowest BCUT2D eigenvalue weighted by atomic mass is 10.1. The molecule has 3 rings (SSSR count). The van der Waals surface area contributed by atoms with Crippen LogP contribution in [0.25, 0.3) is 0 Å². The molecule has 136 valence electrons. The van der Waals surface area contributed by atoms with Gasteiger partial charge in [-0.2, -0.15) is 0 Å². The first-order chi connectivity index (χ1) is 12.6. The smallest absolute Gasteiger partial charge is 0.240 e. The highest BCUT2D eigenvalue weighted by atomic mass is 16.2. The fourth-order valence-electron chi connectivity index (χ4n) is 3.22. The Balaban J connectivity index is 1.55. The van der Waals surface area contributed by atoms with Gasteiger partial charge < -0.3 is 15.5 Å². The molecule has 2 N–H and O–H groups in total. The molecule has 1 fully saturated rings. The molecule has 2 unspecified atom stereocenters. The molecule has 0 spiro atoms. The summed E-state index contributed by atoms with van der Waals surface area (Å²) in [5, 5.41) is 6.16. The van der Waals surface area contributed by atoms with E-state index in [2.05, 4.69) is 10.6 Å². The van der Waals surface area contributed by atoms with E-state index < -0.39 is 6.04 Å². The molecule has 5 heteroatoms. The van der Waals surface area contributed by atoms with Crippen LogP contribution < -0.4 is 10.6 Å². The highest BCUT2D eigenvalue weighted by Gasteiger charge is 2.30. The van der Waals surface area contributed by atoms with E-state index in [1.807, 2.05) is 72.5 Å². The average molecular weight is 351 g/mol. The van der Waals surface area contributed by atoms with Gasteiger partial charge in [0.25, 0.3) is 0 Å². The van der Waals surface area contributed by atoms with Gasteiger partial charge >= 0.3 is 0 Å². The first-order valence-electron chi connectivity index (χ1n) is 9.04. The van der Waals surface area contributed by atoms with Crippen molar-refractivity contribution >= 4 is 11.8 Å². The Morgan fingerprint density at radius 3 is 2.50 bits per heavy atom. The number of carbonyl (C=O) groups excluding carboxylic acids is 2. The monoisotopic (exact) mass is 351 g/mol. The number of nitrogens with one attached hydrogen (secondary N) is 2. The van der Waals surface area contributed by atoms with Crippen LogP contribution in [0.5, 0.6) is 0 Å². The van der Waals surface area contributed by atoms with Crippen molar-refractivity contribution in [2.45, 2.75) is 32.0 Å². The van der Waals surface area contributed by atoms with Crippen LogP contribution in [-0.4, -0.2) is 35.8 Å². The highest BCUT2D eigenvalue weighted by molar-refractivity contribution is 5.89. The number of hydrogen-bond donors (Lipinski definition) is 2. The van der Waals surface area contributed by atoms with Crippen LogP contribution in [0.4, 0.5) is 0 Å². The van der Waals surface area contributed by atoms with E-state index in [1.54, 1.807) is 0 Å². The third kappa shape index (κ3) is 4.70. The lowest BCUT2D eigenvalue weighted by Crippen LogP contribution is -2.55. The van der Waals surface area contributed by atoms with Gasteiger partial charge in [0.2, 0.25) is 11.8 Å². The summed E-state index contributed by atoms with van der Waals surface area (Å²) in [5.74, 6) is -0.128. The van der Waals surface area contributed by atoms with Gasteiger partial charge in [-0.15, -0.1) is 0 Å². The van der Waals surface area contributed by atoms with E-state index >= 15 is 0 Å². The summed E-state index contributed by atoms with van der Waals surface area (Å²) >= 11 is 0. The zero-order valence-corrected chi connectivity index (χ0v) is 15.0. The number of carbonyl (C=O) groups is 2. The maximum Gasteiger partial charge on any atom is 0.240 e. The summed E-state index contributed by atoms with van der Waals surface area (Å²) in [6, 6.07) is 19.2. The molecule has 0 aliphatic carbocycles. The van der Waals surface area contributed by atoms with Crippen LogP contribution in [0.1, 0.15) is 30.5 Å². The van der Waals surface area contributed by atoms with Gasteiger partial charge in [-0.1, -0.05) is 60.7 Å². The number of nitrogens with zero attached hydrogens (tertiary/aromatic N) is 1. The average Bonchev–Trinajstić information content (AvgIpc) is 2.66. The Hall–Kier alpha value is -2.66. The van der Waals surface area contributed by atoms with Crippen molar-refractivity contribution in [3.05, 3.63) is 71.8 Å². The molecule has 2 aromatic carbocycles. The molecule has 2 atom stereocenters. The Kier molecular flexibility index (Phi) is 6.02. The molecule has 5 nitrogen and oxygen atoms in total. The molecule has 1 heterocycles. The van der Waals surface area contributed by atoms with Gasteiger partial charge in [-0.05, 0) is 18.1 Å². The van der Waals surface area contributed by atoms with Crippen LogP contribution >= 0.6 is 0 Å². The lowest BCUT2D eigenvalue weighted by Gasteiger charge is -2.33. The molecule has 1 aliphatic rings. The Labute approximate surface area is 154 Å². The second-order valence-corrected chi connectivity index (χ2v) is 6.66. The maximum absolute atomic E-state index is 12.7. The molecule has 0 bridgehead atoms. The first-order valence-corrected chi connectivity index (χ1v) is 9.04. The second-order valence-electron chi connectivity index (χ2n) is 6.66. The Morgan fingerprint density at radius 2 is 1.81 bits per heavy atom. The minimum absolute atomic E-state index is 0.0115. The largest absolute Gasteiger partial charge is 0.350 e. The van der Waals surface area contributed by atoms with Crippen LogP contribution in [-0.2, 0) is 16.1 Å². The number of amides is 2. The maximum atomic E-state index is 12.7. The van der Waals surface area contributed by atoms with Crippen molar-refractivity contribution in [2.75, 3.05) is 13.1 Å². The zero-order valence-electron chi connectivity index (χ0n) is 15.0. The van der Waals surface area contributed by atoms with Crippen LogP contribution in [0, 0.1) is 0 Å². The van der Waals surface area contributed by atoms with Crippen molar-refractivity contribution in [2.24, 2.45) is 0 Å². The van der Waals surface area contributed by atoms with E-state index in [9.17, 15) is 9.59 Å². The first kappa shape index (κ1) is 18.1. The van der Waals surface area contributed by atoms with Crippen molar-refractivity contribution in [1.29, 1.82) is 0 Å². The van der Waals surface area contributed by atoms with Gasteiger partial charge in [0.1, 0.15) is 0 Å². The second kappa shape index (κ2) is 8.63. The number of hydrogen-bond acceptors (Lipinski definition) is 3. The van der Waals surface area contributed by atoms with Crippen LogP contribution in [0.15, 0.2) is 60.7 Å². The van der Waals surface area contributed by atoms with Crippen molar-refractivity contribution < 1.29 is 9.59 Å². The minimum atomic E-state index is -0.463. The molecule has 26 heavy (non-hydrogen) atoms. The van der Waals surface area contributed by atoms with Gasteiger partial charge in [0.05, 0.1) is 18.5 Å². The van der Waals surface area contributed by atoms with Gasteiger partial charge in [-0.25, -0.2) is 0 Å². The topological polar surface area (TPSA) is 61.4 Å². The summed E-state index contributed by atoms with van der Waals surface area (Å²) in [6.45, 7) is 3.89. The Morgan fingerprint density at radius 1 is 1.15 bits per heavy atom. The number of piperazine rings is 1. The van der Waals surface area contributed by atoms with E-state index in [1.165, 1.54) is 0 Å². The van der Waals surface area contributed by atoms with Gasteiger partial charge in [0.15, 0.2) is 0 Å². The molecular weight excluding hydrogens is 326 g/mol. The van der Waals surface area contributed by atoms with Gasteiger partial charge in [0, 0.05) is 19.6 Å². The molecule has 0 saturated carbocycles. The fraction of sp³-hybridized carbons (Fsp3) is 0.333. The quantitative estimate of drug-likeness (QED) is 0.839. The standard InChI is InChI=1S/C21H25N3O2/c1-16(18-10-6-3-7-11-18)23-20(25)14-19-21(26)24(13-12-22-19)15-17-8-4-2-5-9-17/h2-11,16,19,22H,12-15H2,1H3,(H,23,25). The van der Waals surface area contributed by atoms with E-state index in [4.69, 9.17) is 0 Å². The zero-order chi connectivity index (χ0) is 18.4. The third-order valence-electron chi connectivity index (χ3n) is 4.67. The summed E-state index contributed by atoms with van der Waals surface area (Å²) in [7, 11) is 0. The summed E-state index contributed by atoms with van der Waals surface area (Å²) in [4.78, 5) is 26.9. The third-order valence-corrected chi connectivity index (χ3v) is 4.67. The number of benzene rings is 2. The highest BCUT2D eigenvalue weighted by Crippen LogP contribution is 2.13. The predicted octanol–water partition coefficient (Wildman–Crippen LogP) is 2.25. The van der Waals surface area contributed by atoms with E-state index in [0.29, 0.717) is 19.6 Å². The normalized spacial score (nSPS) is 18.4. The molecule has 0 aromatic heterocycles. The van der Waals surface area contributed by atoms with Crippen molar-refractivity contribution in [3.63, 3.8) is 0 Å². The Bertz CT molecular complexity index is 733. The SMILES string of the molecule is CC(NC(=O)CC1NCCN(Cc2ccccc2)C1=O)c1ccccc1. The fourth-order valence-corrected chi connectivity index (χ4v) is 3.22. The molecule has 2 aromatic rings. The van der Waals surface area contributed by atoms with E-state index in [-0.39, 0.29) is 24.3 Å². The molecule has 2 amide bonds. The predicted molar refractivity (Wildman–Crippen MR) is 101 cm³/mol. The van der Waals surface area contributed by atoms with Crippen LogP contribution in [0.2, 0.25) is 0 Å². The molecular formula is C21H25N3O2. The van der Waals surface area contributed by atoms with Crippen molar-refractivity contribution in [1.82, 2.24) is 15.5 Å². The molecule has 0 radical (unpaired) electrons. The number of rotatable bonds is 6. The van der Waals surface area contributed by atoms with Crippen molar-refractivity contribution in [3.8, 4) is 0 Å². The summed E-state index contributed by atoms with van der Waals surface area (Å²) < 4.78 is 0. The molecule has 1 aliphatic heterocycles. The van der Waals surface area contributed by atoms with Crippen LogP contribution in [0.3, 0.4) is 0 Å².